The zero-order valence-corrected chi connectivity index (χ0v) is 14.4. The minimum absolute atomic E-state index is 0.321. The number of rotatable bonds is 8. The average molecular weight is 346 g/mol. The highest BCUT2D eigenvalue weighted by molar-refractivity contribution is 7.91. The minimum Gasteiger partial charge on any atom is -0.312 e. The molecule has 2 rings (SSSR count). The summed E-state index contributed by atoms with van der Waals surface area (Å²) in [6.07, 6.45) is 2.73. The van der Waals surface area contributed by atoms with E-state index >= 15 is 0 Å². The van der Waals surface area contributed by atoms with Gasteiger partial charge in [0.1, 0.15) is 9.22 Å². The van der Waals surface area contributed by atoms with E-state index in [1.165, 1.54) is 22.7 Å². The molecule has 5 nitrogen and oxygen atoms in total. The maximum Gasteiger partial charge on any atom is 0.250 e. The third-order valence-electron chi connectivity index (χ3n) is 2.78. The standard InChI is InChI=1S/C13H19N3O2S3/c1-3-6-14-9-11-4-5-12(20-11)21(17,18)16-10(2)13-15-7-8-19-13/h4-5,7-8,10,14,16H,3,6,9H2,1-2H3. The summed E-state index contributed by atoms with van der Waals surface area (Å²) >= 11 is 2.74. The van der Waals surface area contributed by atoms with Crippen LogP contribution in [0, 0.1) is 0 Å². The van der Waals surface area contributed by atoms with Gasteiger partial charge in [-0.15, -0.1) is 22.7 Å². The van der Waals surface area contributed by atoms with E-state index in [0.717, 1.165) is 22.9 Å². The van der Waals surface area contributed by atoms with Gasteiger partial charge in [-0.05, 0) is 32.0 Å². The Labute approximate surface area is 133 Å². The van der Waals surface area contributed by atoms with E-state index in [0.29, 0.717) is 10.8 Å². The van der Waals surface area contributed by atoms with Crippen molar-refractivity contribution in [1.29, 1.82) is 0 Å². The maximum atomic E-state index is 12.3. The molecule has 8 heteroatoms. The molecule has 0 aromatic carbocycles. The van der Waals surface area contributed by atoms with Gasteiger partial charge >= 0.3 is 0 Å². The quantitative estimate of drug-likeness (QED) is 0.722. The van der Waals surface area contributed by atoms with Crippen molar-refractivity contribution in [2.75, 3.05) is 6.54 Å². The molecule has 2 aromatic heterocycles. The number of sulfonamides is 1. The second kappa shape index (κ2) is 7.46. The Bertz CT molecular complexity index is 650. The highest BCUT2D eigenvalue weighted by Crippen LogP contribution is 2.24. The Hall–Kier alpha value is -0.800. The lowest BCUT2D eigenvalue weighted by Crippen LogP contribution is -2.26. The van der Waals surface area contributed by atoms with Crippen LogP contribution in [0.1, 0.15) is 36.2 Å². The molecule has 0 saturated carbocycles. The molecule has 0 aliphatic rings. The third kappa shape index (κ3) is 4.58. The van der Waals surface area contributed by atoms with Crippen molar-refractivity contribution in [3.05, 3.63) is 33.6 Å². The van der Waals surface area contributed by atoms with Crippen LogP contribution in [-0.4, -0.2) is 19.9 Å². The van der Waals surface area contributed by atoms with Crippen LogP contribution < -0.4 is 10.0 Å². The van der Waals surface area contributed by atoms with E-state index < -0.39 is 10.0 Å². The average Bonchev–Trinajstić information content (AvgIpc) is 3.10. The fraction of sp³-hybridized carbons (Fsp3) is 0.462. The van der Waals surface area contributed by atoms with E-state index in [1.807, 2.05) is 11.4 Å². The number of thiophene rings is 1. The first-order valence-corrected chi connectivity index (χ1v) is 9.92. The van der Waals surface area contributed by atoms with E-state index in [2.05, 4.69) is 21.9 Å². The van der Waals surface area contributed by atoms with Crippen LogP contribution in [0.15, 0.2) is 27.9 Å². The summed E-state index contributed by atoms with van der Waals surface area (Å²) in [7, 11) is -3.49. The SMILES string of the molecule is CCCNCc1ccc(S(=O)(=O)NC(C)c2nccs2)s1. The maximum absolute atomic E-state index is 12.3. The minimum atomic E-state index is -3.49. The summed E-state index contributed by atoms with van der Waals surface area (Å²) in [5.41, 5.74) is 0. The molecule has 21 heavy (non-hydrogen) atoms. The number of hydrogen-bond acceptors (Lipinski definition) is 6. The first kappa shape index (κ1) is 16.6. The summed E-state index contributed by atoms with van der Waals surface area (Å²) in [4.78, 5) is 5.15. The molecule has 0 radical (unpaired) electrons. The van der Waals surface area contributed by atoms with Crippen LogP contribution in [0.25, 0.3) is 0 Å². The number of nitrogens with zero attached hydrogens (tertiary/aromatic N) is 1. The van der Waals surface area contributed by atoms with Crippen molar-refractivity contribution in [1.82, 2.24) is 15.0 Å². The van der Waals surface area contributed by atoms with Crippen molar-refractivity contribution >= 4 is 32.7 Å². The zero-order chi connectivity index (χ0) is 15.3. The van der Waals surface area contributed by atoms with Crippen LogP contribution in [0.5, 0.6) is 0 Å². The van der Waals surface area contributed by atoms with Crippen molar-refractivity contribution < 1.29 is 8.42 Å². The summed E-state index contributed by atoms with van der Waals surface area (Å²) in [6, 6.07) is 3.19. The van der Waals surface area contributed by atoms with Crippen LogP contribution in [0.2, 0.25) is 0 Å². The molecule has 2 N–H and O–H groups in total. The lowest BCUT2D eigenvalue weighted by molar-refractivity contribution is 0.568. The molecule has 0 spiro atoms. The molecule has 116 valence electrons. The Kier molecular flexibility index (Phi) is 5.88. The van der Waals surface area contributed by atoms with Gasteiger partial charge in [-0.1, -0.05) is 6.92 Å². The van der Waals surface area contributed by atoms with Crippen LogP contribution in [0.4, 0.5) is 0 Å². The summed E-state index contributed by atoms with van der Waals surface area (Å²) in [5, 5.41) is 5.87. The van der Waals surface area contributed by atoms with Gasteiger partial charge in [0, 0.05) is 23.0 Å². The molecule has 0 fully saturated rings. The first-order valence-electron chi connectivity index (χ1n) is 6.74. The molecule has 0 bridgehead atoms. The molecule has 1 unspecified atom stereocenters. The predicted octanol–water partition coefficient (Wildman–Crippen LogP) is 2.74. The van der Waals surface area contributed by atoms with Gasteiger partial charge in [0.2, 0.25) is 0 Å². The third-order valence-corrected chi connectivity index (χ3v) is 6.86. The van der Waals surface area contributed by atoms with Crippen LogP contribution in [-0.2, 0) is 16.6 Å². The van der Waals surface area contributed by atoms with Gasteiger partial charge in [-0.25, -0.2) is 18.1 Å². The van der Waals surface area contributed by atoms with Gasteiger partial charge in [-0.3, -0.25) is 0 Å². The predicted molar refractivity (Wildman–Crippen MR) is 87.2 cm³/mol. The lowest BCUT2D eigenvalue weighted by atomic mass is 10.4. The largest absolute Gasteiger partial charge is 0.312 e. The Balaban J connectivity index is 2.02. The van der Waals surface area contributed by atoms with Gasteiger partial charge < -0.3 is 5.32 Å². The second-order valence-corrected chi connectivity index (χ2v) is 8.65. The summed E-state index contributed by atoms with van der Waals surface area (Å²) in [5.74, 6) is 0. The van der Waals surface area contributed by atoms with E-state index in [-0.39, 0.29) is 6.04 Å². The Morgan fingerprint density at radius 1 is 1.38 bits per heavy atom. The fourth-order valence-electron chi connectivity index (χ4n) is 1.78. The molecular formula is C13H19N3O2S3. The molecule has 1 atom stereocenters. The Morgan fingerprint density at radius 2 is 2.19 bits per heavy atom. The second-order valence-electron chi connectivity index (χ2n) is 4.61. The van der Waals surface area contributed by atoms with Crippen LogP contribution >= 0.6 is 22.7 Å². The molecule has 2 aromatic rings. The van der Waals surface area contributed by atoms with Crippen LogP contribution in [0.3, 0.4) is 0 Å². The number of nitrogens with one attached hydrogen (secondary N) is 2. The monoisotopic (exact) mass is 345 g/mol. The molecular weight excluding hydrogens is 326 g/mol. The highest BCUT2D eigenvalue weighted by Gasteiger charge is 2.21. The lowest BCUT2D eigenvalue weighted by Gasteiger charge is -2.10. The van der Waals surface area contributed by atoms with Crippen molar-refractivity contribution in [3.63, 3.8) is 0 Å². The highest BCUT2D eigenvalue weighted by atomic mass is 32.2. The van der Waals surface area contributed by atoms with E-state index in [1.54, 1.807) is 19.2 Å². The summed E-state index contributed by atoms with van der Waals surface area (Å²) in [6.45, 7) is 5.53. The topological polar surface area (TPSA) is 71.1 Å². The number of hydrogen-bond donors (Lipinski definition) is 2. The normalized spacial score (nSPS) is 13.4. The zero-order valence-electron chi connectivity index (χ0n) is 12.0. The van der Waals surface area contributed by atoms with Crippen molar-refractivity contribution in [2.45, 2.75) is 37.1 Å². The summed E-state index contributed by atoms with van der Waals surface area (Å²) < 4.78 is 27.7. The van der Waals surface area contributed by atoms with Gasteiger partial charge in [0.05, 0.1) is 6.04 Å². The van der Waals surface area contributed by atoms with E-state index in [4.69, 9.17) is 0 Å². The number of thiazole rings is 1. The molecule has 0 amide bonds. The van der Waals surface area contributed by atoms with Gasteiger partial charge in [0.25, 0.3) is 10.0 Å². The molecule has 0 aliphatic heterocycles. The number of aromatic nitrogens is 1. The Morgan fingerprint density at radius 3 is 2.86 bits per heavy atom. The smallest absolute Gasteiger partial charge is 0.250 e. The molecule has 0 aliphatic carbocycles. The molecule has 2 heterocycles. The first-order chi connectivity index (χ1) is 10.0. The van der Waals surface area contributed by atoms with Crippen molar-refractivity contribution in [2.24, 2.45) is 0 Å². The van der Waals surface area contributed by atoms with Crippen molar-refractivity contribution in [3.8, 4) is 0 Å². The van der Waals surface area contributed by atoms with Gasteiger partial charge in [0.15, 0.2) is 0 Å². The van der Waals surface area contributed by atoms with Gasteiger partial charge in [-0.2, -0.15) is 0 Å². The fourth-order valence-corrected chi connectivity index (χ4v) is 5.05. The molecule has 0 saturated heterocycles. The van der Waals surface area contributed by atoms with E-state index in [9.17, 15) is 8.42 Å².